The summed E-state index contributed by atoms with van der Waals surface area (Å²) >= 11 is 0. The molecule has 1 amide bonds. The molecule has 5 rings (SSSR count). The summed E-state index contributed by atoms with van der Waals surface area (Å²) in [5.74, 6) is 1.96. The van der Waals surface area contributed by atoms with E-state index in [4.69, 9.17) is 9.26 Å². The molecule has 7 nitrogen and oxygen atoms in total. The van der Waals surface area contributed by atoms with Crippen molar-refractivity contribution in [2.24, 2.45) is 5.92 Å². The average molecular weight is 370 g/mol. The van der Waals surface area contributed by atoms with Gasteiger partial charge in [-0.2, -0.15) is 4.98 Å². The Morgan fingerprint density at radius 3 is 2.89 bits per heavy atom. The molecule has 3 saturated heterocycles. The molecule has 3 aliphatic rings. The lowest BCUT2D eigenvalue weighted by Crippen LogP contribution is -2.44. The van der Waals surface area contributed by atoms with Gasteiger partial charge in [0.2, 0.25) is 5.89 Å². The normalized spacial score (nSPS) is 22.8. The van der Waals surface area contributed by atoms with Gasteiger partial charge in [0, 0.05) is 44.8 Å². The highest BCUT2D eigenvalue weighted by molar-refractivity contribution is 5.94. The zero-order valence-electron chi connectivity index (χ0n) is 15.7. The van der Waals surface area contributed by atoms with Crippen LogP contribution in [0.15, 0.2) is 34.9 Å². The number of benzene rings is 1. The molecule has 2 unspecified atom stereocenters. The third-order valence-electron chi connectivity index (χ3n) is 5.51. The maximum absolute atomic E-state index is 12.9. The number of amides is 1. The molecule has 0 aliphatic carbocycles. The number of hydrogen-bond acceptors (Lipinski definition) is 6. The first kappa shape index (κ1) is 18.1. The maximum atomic E-state index is 12.9. The molecule has 0 N–H and O–H groups in total. The number of ether oxygens (including phenoxy) is 1. The van der Waals surface area contributed by atoms with Gasteiger partial charge in [-0.15, -0.1) is 0 Å². The van der Waals surface area contributed by atoms with E-state index in [1.54, 1.807) is 7.11 Å². The number of carbonyl (C=O) groups is 1. The highest BCUT2D eigenvalue weighted by Gasteiger charge is 2.37. The van der Waals surface area contributed by atoms with E-state index in [1.807, 2.05) is 35.2 Å². The van der Waals surface area contributed by atoms with Crippen LogP contribution < -0.4 is 0 Å². The first-order valence-corrected chi connectivity index (χ1v) is 9.61. The molecule has 0 spiro atoms. The van der Waals surface area contributed by atoms with Crippen LogP contribution in [-0.2, 0) is 17.7 Å². The second kappa shape index (κ2) is 8.19. The lowest BCUT2D eigenvalue weighted by molar-refractivity contribution is 0.0732. The Bertz CT molecular complexity index is 764. The van der Waals surface area contributed by atoms with E-state index < -0.39 is 0 Å². The van der Waals surface area contributed by atoms with E-state index in [2.05, 4.69) is 15.0 Å². The molecule has 4 heterocycles. The third-order valence-corrected chi connectivity index (χ3v) is 5.51. The van der Waals surface area contributed by atoms with Crippen LogP contribution in [0.2, 0.25) is 0 Å². The minimum Gasteiger partial charge on any atom is -0.384 e. The lowest BCUT2D eigenvalue weighted by atomic mass is 9.95. The summed E-state index contributed by atoms with van der Waals surface area (Å²) in [4.78, 5) is 21.8. The van der Waals surface area contributed by atoms with Crippen LogP contribution in [-0.4, -0.2) is 65.2 Å². The van der Waals surface area contributed by atoms with Gasteiger partial charge in [-0.05, 0) is 30.9 Å². The summed E-state index contributed by atoms with van der Waals surface area (Å²) in [5.41, 5.74) is 0.769. The van der Waals surface area contributed by atoms with Gasteiger partial charge in [-0.3, -0.25) is 9.69 Å². The van der Waals surface area contributed by atoms with Gasteiger partial charge < -0.3 is 14.2 Å². The smallest absolute Gasteiger partial charge is 0.253 e. The SMILES string of the molecule is COCCc1noc(CN2CC3CCC2CN(C(=O)c2ccccc2)C3)n1. The van der Waals surface area contributed by atoms with Gasteiger partial charge in [0.25, 0.3) is 5.91 Å². The standard InChI is InChI=1S/C20H26N4O3/c1-26-10-9-18-21-19(27-22-18)14-23-11-15-7-8-17(23)13-24(12-15)20(25)16-5-3-2-4-6-16/h2-6,15,17H,7-14H2,1H3. The number of rotatable bonds is 6. The molecular formula is C20H26N4O3. The fourth-order valence-corrected chi connectivity index (χ4v) is 4.12. The number of fused-ring (bicyclic) bond motifs is 4. The predicted octanol–water partition coefficient (Wildman–Crippen LogP) is 2.00. The minimum absolute atomic E-state index is 0.133. The van der Waals surface area contributed by atoms with E-state index >= 15 is 0 Å². The van der Waals surface area contributed by atoms with Crippen LogP contribution in [0.3, 0.4) is 0 Å². The quantitative estimate of drug-likeness (QED) is 0.774. The second-order valence-corrected chi connectivity index (χ2v) is 7.45. The molecule has 1 aromatic carbocycles. The van der Waals surface area contributed by atoms with Crippen LogP contribution in [0.25, 0.3) is 0 Å². The van der Waals surface area contributed by atoms with Gasteiger partial charge in [-0.1, -0.05) is 23.4 Å². The molecule has 0 radical (unpaired) electrons. The van der Waals surface area contributed by atoms with E-state index in [0.717, 1.165) is 31.6 Å². The molecule has 3 fully saturated rings. The topological polar surface area (TPSA) is 71.7 Å². The predicted molar refractivity (Wildman–Crippen MR) is 99.1 cm³/mol. The summed E-state index contributed by atoms with van der Waals surface area (Å²) < 4.78 is 10.5. The van der Waals surface area contributed by atoms with Gasteiger partial charge in [0.15, 0.2) is 5.82 Å². The molecular weight excluding hydrogens is 344 g/mol. The van der Waals surface area contributed by atoms with Crippen LogP contribution in [0.5, 0.6) is 0 Å². The van der Waals surface area contributed by atoms with Crippen molar-refractivity contribution in [3.8, 4) is 0 Å². The molecule has 1 aromatic heterocycles. The zero-order valence-corrected chi connectivity index (χ0v) is 15.7. The van der Waals surface area contributed by atoms with E-state index in [9.17, 15) is 4.79 Å². The fourth-order valence-electron chi connectivity index (χ4n) is 4.12. The zero-order chi connectivity index (χ0) is 18.6. The maximum Gasteiger partial charge on any atom is 0.253 e. The number of methoxy groups -OCH3 is 1. The van der Waals surface area contributed by atoms with E-state index in [-0.39, 0.29) is 5.91 Å². The van der Waals surface area contributed by atoms with Crippen LogP contribution >= 0.6 is 0 Å². The summed E-state index contributed by atoms with van der Waals surface area (Å²) in [6, 6.07) is 9.91. The summed E-state index contributed by atoms with van der Waals surface area (Å²) in [6.45, 7) is 3.79. The Kier molecular flexibility index (Phi) is 5.50. The molecule has 7 heteroatoms. The number of carbonyl (C=O) groups excluding carboxylic acids is 1. The lowest BCUT2D eigenvalue weighted by Gasteiger charge is -2.34. The Balaban J connectivity index is 1.42. The summed E-state index contributed by atoms with van der Waals surface area (Å²) in [5, 5.41) is 4.03. The van der Waals surface area contributed by atoms with Crippen molar-refractivity contribution in [3.63, 3.8) is 0 Å². The number of piperidine rings is 1. The van der Waals surface area contributed by atoms with Crippen LogP contribution in [0.1, 0.15) is 34.9 Å². The molecule has 3 aliphatic heterocycles. The number of aromatic nitrogens is 2. The largest absolute Gasteiger partial charge is 0.384 e. The highest BCUT2D eigenvalue weighted by atomic mass is 16.5. The van der Waals surface area contributed by atoms with Crippen molar-refractivity contribution in [1.29, 1.82) is 0 Å². The Hall–Kier alpha value is -2.25. The third kappa shape index (κ3) is 4.20. The Labute approximate surface area is 159 Å². The second-order valence-electron chi connectivity index (χ2n) is 7.45. The van der Waals surface area contributed by atoms with Crippen molar-refractivity contribution in [1.82, 2.24) is 19.9 Å². The first-order chi connectivity index (χ1) is 13.2. The molecule has 2 atom stereocenters. The van der Waals surface area contributed by atoms with E-state index in [1.165, 1.54) is 6.42 Å². The molecule has 144 valence electrons. The summed E-state index contributed by atoms with van der Waals surface area (Å²) in [6.07, 6.45) is 2.93. The minimum atomic E-state index is 0.133. The number of hydrogen-bond donors (Lipinski definition) is 0. The van der Waals surface area contributed by atoms with Gasteiger partial charge >= 0.3 is 0 Å². The van der Waals surface area contributed by atoms with Gasteiger partial charge in [0.05, 0.1) is 13.2 Å². The van der Waals surface area contributed by atoms with Crippen molar-refractivity contribution in [3.05, 3.63) is 47.6 Å². The van der Waals surface area contributed by atoms with Crippen molar-refractivity contribution >= 4 is 5.91 Å². The van der Waals surface area contributed by atoms with Gasteiger partial charge in [-0.25, -0.2) is 0 Å². The van der Waals surface area contributed by atoms with Crippen LogP contribution in [0.4, 0.5) is 0 Å². The highest BCUT2D eigenvalue weighted by Crippen LogP contribution is 2.29. The summed E-state index contributed by atoms with van der Waals surface area (Å²) in [7, 11) is 1.66. The van der Waals surface area contributed by atoms with Crippen molar-refractivity contribution < 1.29 is 14.1 Å². The Morgan fingerprint density at radius 2 is 2.07 bits per heavy atom. The van der Waals surface area contributed by atoms with Gasteiger partial charge in [0.1, 0.15) is 0 Å². The van der Waals surface area contributed by atoms with Crippen LogP contribution in [0, 0.1) is 5.92 Å². The first-order valence-electron chi connectivity index (χ1n) is 9.61. The van der Waals surface area contributed by atoms with Crippen molar-refractivity contribution in [2.45, 2.75) is 31.8 Å². The number of nitrogens with zero attached hydrogens (tertiary/aromatic N) is 4. The Morgan fingerprint density at radius 1 is 1.22 bits per heavy atom. The van der Waals surface area contributed by atoms with Crippen molar-refractivity contribution in [2.75, 3.05) is 33.4 Å². The molecule has 2 bridgehead atoms. The average Bonchev–Trinajstić information content (AvgIpc) is 2.94. The fraction of sp³-hybridized carbons (Fsp3) is 0.550. The molecule has 2 aromatic rings. The molecule has 0 saturated carbocycles. The molecule has 27 heavy (non-hydrogen) atoms. The monoisotopic (exact) mass is 370 g/mol. The van der Waals surface area contributed by atoms with E-state index in [0.29, 0.717) is 43.2 Å².